The van der Waals surface area contributed by atoms with Gasteiger partial charge in [-0.2, -0.15) is 5.10 Å². The number of nitrogens with zero attached hydrogens (tertiary/aromatic N) is 3. The third-order valence-electron chi connectivity index (χ3n) is 4.54. The topological polar surface area (TPSA) is 67.2 Å². The second-order valence-electron chi connectivity index (χ2n) is 6.01. The number of carbonyl (C=O) groups excluding carboxylic acids is 2. The SMILES string of the molecule is CCC1(c2cnn(C)c2)NC(=O)N(CCc2cccc(F)c2F)C1=O. The molecular formula is C17H18F2N4O2. The first-order chi connectivity index (χ1) is 11.9. The Morgan fingerprint density at radius 3 is 2.68 bits per heavy atom. The molecule has 8 heteroatoms. The minimum Gasteiger partial charge on any atom is -0.319 e. The number of amides is 3. The first-order valence-corrected chi connectivity index (χ1v) is 7.95. The van der Waals surface area contributed by atoms with Crippen LogP contribution in [0.5, 0.6) is 0 Å². The van der Waals surface area contributed by atoms with Gasteiger partial charge in [-0.25, -0.2) is 13.6 Å². The molecule has 1 N–H and O–H groups in total. The fraction of sp³-hybridized carbons (Fsp3) is 0.353. The van der Waals surface area contributed by atoms with E-state index in [1.807, 2.05) is 0 Å². The lowest BCUT2D eigenvalue weighted by Gasteiger charge is -2.23. The maximum absolute atomic E-state index is 13.8. The van der Waals surface area contributed by atoms with Gasteiger partial charge in [0, 0.05) is 25.4 Å². The van der Waals surface area contributed by atoms with Gasteiger partial charge < -0.3 is 5.32 Å². The monoisotopic (exact) mass is 348 g/mol. The summed E-state index contributed by atoms with van der Waals surface area (Å²) in [6.07, 6.45) is 3.61. The highest BCUT2D eigenvalue weighted by Crippen LogP contribution is 2.32. The van der Waals surface area contributed by atoms with Crippen LogP contribution in [0.4, 0.5) is 13.6 Å². The van der Waals surface area contributed by atoms with Crippen LogP contribution in [0.25, 0.3) is 0 Å². The van der Waals surface area contributed by atoms with Crippen molar-refractivity contribution in [2.24, 2.45) is 7.05 Å². The minimum absolute atomic E-state index is 0.0347. The molecule has 0 saturated carbocycles. The molecule has 1 aliphatic rings. The van der Waals surface area contributed by atoms with E-state index in [4.69, 9.17) is 0 Å². The van der Waals surface area contributed by atoms with Crippen LogP contribution >= 0.6 is 0 Å². The van der Waals surface area contributed by atoms with Gasteiger partial charge in [0.1, 0.15) is 5.54 Å². The molecule has 6 nitrogen and oxygen atoms in total. The molecule has 1 fully saturated rings. The molecule has 0 spiro atoms. The summed E-state index contributed by atoms with van der Waals surface area (Å²) >= 11 is 0. The van der Waals surface area contributed by atoms with E-state index < -0.39 is 29.1 Å². The summed E-state index contributed by atoms with van der Waals surface area (Å²) < 4.78 is 28.6. The lowest BCUT2D eigenvalue weighted by molar-refractivity contribution is -0.131. The molecule has 1 aromatic carbocycles. The molecule has 2 aromatic rings. The highest BCUT2D eigenvalue weighted by Gasteiger charge is 2.51. The van der Waals surface area contributed by atoms with Crippen molar-refractivity contribution in [3.8, 4) is 0 Å². The standard InChI is InChI=1S/C17H18F2N4O2/c1-3-17(12-9-20-22(2)10-12)15(24)23(16(25)21-17)8-7-11-5-4-6-13(18)14(11)19/h4-6,9-10H,3,7-8H2,1-2H3,(H,21,25). The number of urea groups is 1. The van der Waals surface area contributed by atoms with Crippen LogP contribution < -0.4 is 5.32 Å². The van der Waals surface area contributed by atoms with Gasteiger partial charge in [-0.05, 0) is 24.5 Å². The summed E-state index contributed by atoms with van der Waals surface area (Å²) in [6, 6.07) is 3.31. The van der Waals surface area contributed by atoms with Crippen molar-refractivity contribution in [2.75, 3.05) is 6.54 Å². The third-order valence-corrected chi connectivity index (χ3v) is 4.54. The summed E-state index contributed by atoms with van der Waals surface area (Å²) in [7, 11) is 1.72. The predicted octanol–water partition coefficient (Wildman–Crippen LogP) is 2.10. The number of hydrogen-bond acceptors (Lipinski definition) is 3. The number of hydrogen-bond donors (Lipinski definition) is 1. The van der Waals surface area contributed by atoms with Crippen molar-refractivity contribution in [1.29, 1.82) is 0 Å². The van der Waals surface area contributed by atoms with Gasteiger partial charge in [-0.1, -0.05) is 19.1 Å². The molecule has 3 amide bonds. The average molecular weight is 348 g/mol. The summed E-state index contributed by atoms with van der Waals surface area (Å²) in [5.74, 6) is -2.32. The number of aromatic nitrogens is 2. The lowest BCUT2D eigenvalue weighted by atomic mass is 9.89. The molecule has 1 aliphatic heterocycles. The van der Waals surface area contributed by atoms with Gasteiger partial charge >= 0.3 is 6.03 Å². The summed E-state index contributed by atoms with van der Waals surface area (Å²) in [5, 5.41) is 6.78. The highest BCUT2D eigenvalue weighted by atomic mass is 19.2. The van der Waals surface area contributed by atoms with Crippen molar-refractivity contribution in [3.05, 3.63) is 53.4 Å². The average Bonchev–Trinajstić information content (AvgIpc) is 3.12. The fourth-order valence-corrected chi connectivity index (χ4v) is 3.08. The number of aryl methyl sites for hydroxylation is 1. The Morgan fingerprint density at radius 1 is 1.28 bits per heavy atom. The maximum atomic E-state index is 13.8. The Hall–Kier alpha value is -2.77. The second-order valence-corrected chi connectivity index (χ2v) is 6.01. The van der Waals surface area contributed by atoms with Crippen molar-refractivity contribution in [3.63, 3.8) is 0 Å². The van der Waals surface area contributed by atoms with Gasteiger partial charge in [0.15, 0.2) is 11.6 Å². The van der Waals surface area contributed by atoms with Crippen molar-refractivity contribution >= 4 is 11.9 Å². The fourth-order valence-electron chi connectivity index (χ4n) is 3.08. The number of rotatable bonds is 5. The van der Waals surface area contributed by atoms with Crippen molar-refractivity contribution in [1.82, 2.24) is 20.0 Å². The summed E-state index contributed by atoms with van der Waals surface area (Å²) in [4.78, 5) is 26.2. The number of nitrogens with one attached hydrogen (secondary N) is 1. The zero-order chi connectivity index (χ0) is 18.2. The second kappa shape index (κ2) is 6.27. The maximum Gasteiger partial charge on any atom is 0.325 e. The summed E-state index contributed by atoms with van der Waals surface area (Å²) in [5.41, 5.74) is -0.461. The van der Waals surface area contributed by atoms with E-state index in [2.05, 4.69) is 10.4 Å². The van der Waals surface area contributed by atoms with Crippen LogP contribution in [0.1, 0.15) is 24.5 Å². The van der Waals surface area contributed by atoms with E-state index in [9.17, 15) is 18.4 Å². The first-order valence-electron chi connectivity index (χ1n) is 7.95. The van der Waals surface area contributed by atoms with Gasteiger partial charge in [-0.3, -0.25) is 14.4 Å². The molecule has 0 aliphatic carbocycles. The van der Waals surface area contributed by atoms with E-state index in [0.717, 1.165) is 11.0 Å². The van der Waals surface area contributed by atoms with E-state index in [-0.39, 0.29) is 18.5 Å². The van der Waals surface area contributed by atoms with Crippen LogP contribution in [0.15, 0.2) is 30.6 Å². The Bertz CT molecular complexity index is 836. The Labute approximate surface area is 143 Å². The smallest absolute Gasteiger partial charge is 0.319 e. The third kappa shape index (κ3) is 2.77. The van der Waals surface area contributed by atoms with Crippen LogP contribution in [0, 0.1) is 11.6 Å². The van der Waals surface area contributed by atoms with Gasteiger partial charge in [-0.15, -0.1) is 0 Å². The molecule has 0 bridgehead atoms. The zero-order valence-corrected chi connectivity index (χ0v) is 13.9. The van der Waals surface area contributed by atoms with Crippen molar-refractivity contribution < 1.29 is 18.4 Å². The van der Waals surface area contributed by atoms with E-state index in [1.54, 1.807) is 24.9 Å². The highest BCUT2D eigenvalue weighted by molar-refractivity contribution is 6.07. The Balaban J connectivity index is 1.82. The number of halogens is 2. The molecule has 3 rings (SSSR count). The normalized spacial score (nSPS) is 20.2. The largest absolute Gasteiger partial charge is 0.325 e. The van der Waals surface area contributed by atoms with E-state index >= 15 is 0 Å². The lowest BCUT2D eigenvalue weighted by Crippen LogP contribution is -2.43. The van der Waals surface area contributed by atoms with Crippen LogP contribution in [0.2, 0.25) is 0 Å². The van der Waals surface area contributed by atoms with Crippen LogP contribution in [-0.4, -0.2) is 33.2 Å². The number of benzene rings is 1. The molecule has 2 heterocycles. The Morgan fingerprint density at radius 2 is 2.04 bits per heavy atom. The molecular weight excluding hydrogens is 330 g/mol. The van der Waals surface area contributed by atoms with Crippen LogP contribution in [0.3, 0.4) is 0 Å². The molecule has 0 radical (unpaired) electrons. The quantitative estimate of drug-likeness (QED) is 0.842. The predicted molar refractivity (Wildman–Crippen MR) is 85.5 cm³/mol. The number of imide groups is 1. The first kappa shape index (κ1) is 17.1. The van der Waals surface area contributed by atoms with Crippen molar-refractivity contribution in [2.45, 2.75) is 25.3 Å². The molecule has 1 saturated heterocycles. The zero-order valence-electron chi connectivity index (χ0n) is 13.9. The molecule has 25 heavy (non-hydrogen) atoms. The number of carbonyl (C=O) groups is 2. The van der Waals surface area contributed by atoms with Gasteiger partial charge in [0.05, 0.1) is 6.20 Å². The molecule has 1 unspecified atom stereocenters. The Kier molecular flexibility index (Phi) is 4.28. The van der Waals surface area contributed by atoms with E-state index in [0.29, 0.717) is 12.0 Å². The molecule has 1 aromatic heterocycles. The van der Waals surface area contributed by atoms with Gasteiger partial charge in [0.25, 0.3) is 5.91 Å². The van der Waals surface area contributed by atoms with E-state index in [1.165, 1.54) is 18.3 Å². The summed E-state index contributed by atoms with van der Waals surface area (Å²) in [6.45, 7) is 1.76. The van der Waals surface area contributed by atoms with Crippen LogP contribution in [-0.2, 0) is 23.8 Å². The minimum atomic E-state index is -1.17. The van der Waals surface area contributed by atoms with Gasteiger partial charge in [0.2, 0.25) is 0 Å². The molecule has 1 atom stereocenters. The molecule has 132 valence electrons.